The van der Waals surface area contributed by atoms with E-state index in [0.29, 0.717) is 0 Å². The average molecular weight is 480 g/mol. The van der Waals surface area contributed by atoms with E-state index in [1.165, 1.54) is 17.8 Å². The molecule has 0 aliphatic heterocycles. The minimum atomic E-state index is -4.67. The molecule has 1 heterocycles. The number of hydrogen-bond acceptors (Lipinski definition) is 6. The number of aryl methyl sites for hydroxylation is 2. The maximum atomic E-state index is 8.74. The summed E-state index contributed by atoms with van der Waals surface area (Å²) < 4.78 is 65.4. The van der Waals surface area contributed by atoms with Gasteiger partial charge in [-0.05, 0) is 31.5 Å². The first kappa shape index (κ1) is 28.9. The van der Waals surface area contributed by atoms with Gasteiger partial charge in [0.25, 0.3) is 0 Å². The number of para-hydroxylation sites is 2. The van der Waals surface area contributed by atoms with Gasteiger partial charge >= 0.3 is 20.8 Å². The second kappa shape index (κ2) is 14.0. The normalized spacial score (nSPS) is 11.3. The van der Waals surface area contributed by atoms with Gasteiger partial charge < -0.3 is 4.57 Å². The highest BCUT2D eigenvalue weighted by Gasteiger charge is 2.07. The number of nitrogens with zero attached hydrogens (tertiary/aromatic N) is 3. The summed E-state index contributed by atoms with van der Waals surface area (Å²) in [5.41, 5.74) is 2.31. The van der Waals surface area contributed by atoms with E-state index in [9.17, 15) is 0 Å². The van der Waals surface area contributed by atoms with E-state index in [1.54, 1.807) is 0 Å². The fourth-order valence-corrected chi connectivity index (χ4v) is 2.66. The van der Waals surface area contributed by atoms with E-state index in [1.807, 2.05) is 18.2 Å². The Labute approximate surface area is 182 Å². The molecule has 0 atom stereocenters. The molecule has 0 saturated heterocycles. The van der Waals surface area contributed by atoms with Crippen LogP contribution in [-0.2, 0) is 34.3 Å². The summed E-state index contributed by atoms with van der Waals surface area (Å²) in [6.07, 6.45) is 7.26. The van der Waals surface area contributed by atoms with Gasteiger partial charge in [0.2, 0.25) is 0 Å². The minimum Gasteiger partial charge on any atom is -0.331 e. The Morgan fingerprint density at radius 3 is 1.90 bits per heavy atom. The van der Waals surface area contributed by atoms with Crippen LogP contribution in [0.15, 0.2) is 49.6 Å². The maximum Gasteiger partial charge on any atom is 0.394 e. The highest BCUT2D eigenvalue weighted by atomic mass is 32.3. The van der Waals surface area contributed by atoms with Crippen molar-refractivity contribution in [3.63, 3.8) is 0 Å². The van der Waals surface area contributed by atoms with Crippen molar-refractivity contribution in [2.45, 2.75) is 19.3 Å². The quantitative estimate of drug-likeness (QED) is 0.237. The largest absolute Gasteiger partial charge is 0.394 e. The first-order valence-corrected chi connectivity index (χ1v) is 11.8. The van der Waals surface area contributed by atoms with Gasteiger partial charge in [0.05, 0.1) is 11.0 Å². The molecular formula is C18H29N3O8S2. The Morgan fingerprint density at radius 2 is 1.45 bits per heavy atom. The van der Waals surface area contributed by atoms with E-state index in [4.69, 9.17) is 40.0 Å². The van der Waals surface area contributed by atoms with Crippen molar-refractivity contribution in [3.8, 4) is 0 Å². The standard InChI is InChI=1S/C18H25N3.2H2O4S/c1-4-13-21(14-5-2)15-9-8-12-18-19-16-10-6-7-11-17(16)20(18)3;2*1-5(2,3)4/h4-7,10-11H,1-2,8-9,12-15H2,3H3;2*(H2,1,2,3,4). The Morgan fingerprint density at radius 1 is 0.968 bits per heavy atom. The lowest BCUT2D eigenvalue weighted by Crippen LogP contribution is -2.25. The Hall–Kier alpha value is -2.13. The summed E-state index contributed by atoms with van der Waals surface area (Å²) >= 11 is 0. The zero-order valence-corrected chi connectivity index (χ0v) is 18.8. The molecule has 13 heteroatoms. The molecule has 0 aliphatic rings. The van der Waals surface area contributed by atoms with Crippen LogP contribution in [0.5, 0.6) is 0 Å². The summed E-state index contributed by atoms with van der Waals surface area (Å²) in [4.78, 5) is 7.07. The number of unbranched alkanes of at least 4 members (excludes halogenated alkanes) is 1. The van der Waals surface area contributed by atoms with Gasteiger partial charge in [-0.3, -0.25) is 23.1 Å². The SMILES string of the molecule is C=CCN(CC=C)CCCCc1nc2ccccc2n1C.O=S(=O)(O)O.O=S(=O)(O)O. The van der Waals surface area contributed by atoms with E-state index < -0.39 is 20.8 Å². The fraction of sp³-hybridized carbons (Fsp3) is 0.389. The predicted molar refractivity (Wildman–Crippen MR) is 119 cm³/mol. The molecule has 0 spiro atoms. The molecular weight excluding hydrogens is 450 g/mol. The Kier molecular flexibility index (Phi) is 13.1. The maximum absolute atomic E-state index is 8.74. The van der Waals surface area contributed by atoms with Gasteiger partial charge in [-0.1, -0.05) is 24.3 Å². The first-order valence-electron chi connectivity index (χ1n) is 9.00. The van der Waals surface area contributed by atoms with Crippen LogP contribution in [-0.4, -0.2) is 69.1 Å². The van der Waals surface area contributed by atoms with Crippen LogP contribution in [0.1, 0.15) is 18.7 Å². The third-order valence-corrected chi connectivity index (χ3v) is 3.78. The summed E-state index contributed by atoms with van der Waals surface area (Å²) in [5.74, 6) is 1.18. The first-order chi connectivity index (χ1) is 14.3. The number of fused-ring (bicyclic) bond motifs is 1. The van der Waals surface area contributed by atoms with E-state index in [0.717, 1.165) is 38.0 Å². The Bertz CT molecular complexity index is 977. The molecule has 2 rings (SSSR count). The molecule has 1 aromatic heterocycles. The third-order valence-electron chi connectivity index (χ3n) is 3.78. The summed E-state index contributed by atoms with van der Waals surface area (Å²) in [5, 5.41) is 0. The van der Waals surface area contributed by atoms with Gasteiger partial charge in [-0.2, -0.15) is 16.8 Å². The van der Waals surface area contributed by atoms with Crippen molar-refractivity contribution in [3.05, 3.63) is 55.4 Å². The highest BCUT2D eigenvalue weighted by Crippen LogP contribution is 2.15. The number of aromatic nitrogens is 2. The second-order valence-corrected chi connectivity index (χ2v) is 8.06. The zero-order valence-electron chi connectivity index (χ0n) is 17.2. The molecule has 0 saturated carbocycles. The molecule has 176 valence electrons. The van der Waals surface area contributed by atoms with Gasteiger partial charge in [-0.15, -0.1) is 13.2 Å². The minimum absolute atomic E-state index is 0.929. The van der Waals surface area contributed by atoms with E-state index >= 15 is 0 Å². The lowest BCUT2D eigenvalue weighted by molar-refractivity contribution is 0.326. The molecule has 0 fully saturated rings. The molecule has 0 bridgehead atoms. The lowest BCUT2D eigenvalue weighted by Gasteiger charge is -2.18. The number of rotatable bonds is 9. The molecule has 2 aromatic rings. The summed E-state index contributed by atoms with van der Waals surface area (Å²) in [6, 6.07) is 8.31. The molecule has 0 radical (unpaired) electrons. The van der Waals surface area contributed by atoms with Crippen LogP contribution in [0, 0.1) is 0 Å². The molecule has 31 heavy (non-hydrogen) atoms. The highest BCUT2D eigenvalue weighted by molar-refractivity contribution is 7.80. The lowest BCUT2D eigenvalue weighted by atomic mass is 10.2. The smallest absolute Gasteiger partial charge is 0.331 e. The van der Waals surface area contributed by atoms with Crippen molar-refractivity contribution in [2.24, 2.45) is 7.05 Å². The van der Waals surface area contributed by atoms with Crippen LogP contribution < -0.4 is 0 Å². The van der Waals surface area contributed by atoms with Crippen LogP contribution in [0.25, 0.3) is 11.0 Å². The molecule has 0 aliphatic carbocycles. The number of imidazole rings is 1. The van der Waals surface area contributed by atoms with Gasteiger partial charge in [0.15, 0.2) is 0 Å². The molecule has 0 unspecified atom stereocenters. The monoisotopic (exact) mass is 479 g/mol. The van der Waals surface area contributed by atoms with Gasteiger partial charge in [0.1, 0.15) is 5.82 Å². The molecule has 4 N–H and O–H groups in total. The number of benzene rings is 1. The predicted octanol–water partition coefficient (Wildman–Crippen LogP) is 2.26. The molecule has 1 aromatic carbocycles. The van der Waals surface area contributed by atoms with Gasteiger partial charge in [-0.25, -0.2) is 4.98 Å². The van der Waals surface area contributed by atoms with E-state index in [2.05, 4.69) is 47.9 Å². The van der Waals surface area contributed by atoms with Crippen molar-refractivity contribution >= 4 is 31.8 Å². The van der Waals surface area contributed by atoms with Crippen LogP contribution in [0.4, 0.5) is 0 Å². The second-order valence-electron chi connectivity index (χ2n) is 6.27. The van der Waals surface area contributed by atoms with Crippen LogP contribution in [0.3, 0.4) is 0 Å². The number of hydrogen-bond donors (Lipinski definition) is 4. The fourth-order valence-electron chi connectivity index (χ4n) is 2.66. The van der Waals surface area contributed by atoms with E-state index in [-0.39, 0.29) is 0 Å². The summed E-state index contributed by atoms with van der Waals surface area (Å²) in [6.45, 7) is 10.6. The average Bonchev–Trinajstić information content (AvgIpc) is 2.92. The van der Waals surface area contributed by atoms with Crippen molar-refractivity contribution < 1.29 is 35.0 Å². The summed E-state index contributed by atoms with van der Waals surface area (Å²) in [7, 11) is -7.23. The molecule has 11 nitrogen and oxygen atoms in total. The van der Waals surface area contributed by atoms with Crippen LogP contribution in [0.2, 0.25) is 0 Å². The molecule has 0 amide bonds. The van der Waals surface area contributed by atoms with Crippen LogP contribution >= 0.6 is 0 Å². The van der Waals surface area contributed by atoms with Crippen molar-refractivity contribution in [1.82, 2.24) is 14.5 Å². The third kappa shape index (κ3) is 16.3. The Balaban J connectivity index is 0.000000752. The van der Waals surface area contributed by atoms with Crippen molar-refractivity contribution in [1.29, 1.82) is 0 Å². The zero-order chi connectivity index (χ0) is 24.1. The van der Waals surface area contributed by atoms with Gasteiger partial charge in [0, 0.05) is 26.6 Å². The van der Waals surface area contributed by atoms with Crippen molar-refractivity contribution in [2.75, 3.05) is 19.6 Å². The topological polar surface area (TPSA) is 170 Å².